The maximum Gasteiger partial charge on any atom is 0.226 e. The molecule has 5 heteroatoms. The lowest BCUT2D eigenvalue weighted by Gasteiger charge is -2.44. The van der Waals surface area contributed by atoms with Crippen molar-refractivity contribution in [1.82, 2.24) is 14.8 Å². The topological polar surface area (TPSA) is 52.1 Å². The Morgan fingerprint density at radius 2 is 1.72 bits per heavy atom. The number of aromatic nitrogens is 3. The first-order valence-corrected chi connectivity index (χ1v) is 12.3. The summed E-state index contributed by atoms with van der Waals surface area (Å²) < 4.78 is 2.02. The van der Waals surface area contributed by atoms with Crippen LogP contribution in [0.2, 0.25) is 0 Å². The van der Waals surface area contributed by atoms with E-state index in [1.807, 2.05) is 48.1 Å². The SMILES string of the molecule is [C-]#[N+]C1=C[C@@]2(C)c3nn(-c4ccc(-c5ccccc5)cc4)c(-c4cccnc4)c3CC[C@@H]2[C@@H](C)C1=O. The summed E-state index contributed by atoms with van der Waals surface area (Å²) in [5, 5.41) is 5.21. The highest BCUT2D eigenvalue weighted by Gasteiger charge is 2.50. The fourth-order valence-electron chi connectivity index (χ4n) is 6.11. The summed E-state index contributed by atoms with van der Waals surface area (Å²) in [7, 11) is 0. The summed E-state index contributed by atoms with van der Waals surface area (Å²) in [6.45, 7) is 11.7. The lowest BCUT2D eigenvalue weighted by atomic mass is 9.58. The molecule has 2 aliphatic carbocycles. The van der Waals surface area contributed by atoms with Gasteiger partial charge in [-0.3, -0.25) is 4.98 Å². The number of hydrogen-bond acceptors (Lipinski definition) is 3. The van der Waals surface area contributed by atoms with Crippen LogP contribution in [0.25, 0.3) is 32.9 Å². The molecule has 5 nitrogen and oxygen atoms in total. The smallest absolute Gasteiger partial charge is 0.226 e. The number of fused-ring (bicyclic) bond motifs is 3. The van der Waals surface area contributed by atoms with Crippen molar-refractivity contribution >= 4 is 5.78 Å². The molecule has 0 amide bonds. The van der Waals surface area contributed by atoms with Crippen LogP contribution in [-0.4, -0.2) is 20.5 Å². The molecule has 36 heavy (non-hydrogen) atoms. The molecule has 0 fully saturated rings. The Labute approximate surface area is 211 Å². The largest absolute Gasteiger partial charge is 0.308 e. The summed E-state index contributed by atoms with van der Waals surface area (Å²) in [6.07, 6.45) is 7.26. The standard InChI is InChI=1S/C31H26N4O/c1-20-26-16-15-25-28(23-10-7-17-33-19-23)35(34-30(25)31(26,2)18-27(32-3)29(20)36)24-13-11-22(12-14-24)21-8-5-4-6-9-21/h4-14,17-20,26H,15-16H2,1-2H3/t20-,26-,31-/m1/s1. The summed E-state index contributed by atoms with van der Waals surface area (Å²) in [5.41, 5.74) is 7.23. The maximum absolute atomic E-state index is 12.8. The third kappa shape index (κ3) is 3.33. The molecular formula is C31H26N4O. The van der Waals surface area contributed by atoms with Gasteiger partial charge in [-0.15, -0.1) is 0 Å². The van der Waals surface area contributed by atoms with Crippen LogP contribution in [0.4, 0.5) is 0 Å². The van der Waals surface area contributed by atoms with Crippen molar-refractivity contribution in [3.8, 4) is 28.1 Å². The van der Waals surface area contributed by atoms with Gasteiger partial charge in [0.2, 0.25) is 5.70 Å². The molecule has 0 saturated carbocycles. The first-order chi connectivity index (χ1) is 17.5. The number of carbonyl (C=O) groups is 1. The van der Waals surface area contributed by atoms with Gasteiger partial charge in [0.1, 0.15) is 0 Å². The Hall–Kier alpha value is -4.30. The number of rotatable bonds is 3. The van der Waals surface area contributed by atoms with Crippen LogP contribution in [0.1, 0.15) is 31.5 Å². The van der Waals surface area contributed by atoms with Crippen molar-refractivity contribution in [2.45, 2.75) is 32.1 Å². The molecule has 0 bridgehead atoms. The zero-order valence-electron chi connectivity index (χ0n) is 20.3. The number of nitrogens with zero attached hydrogens (tertiary/aromatic N) is 4. The fraction of sp³-hybridized carbons (Fsp3) is 0.226. The quantitative estimate of drug-likeness (QED) is 0.324. The van der Waals surface area contributed by atoms with Gasteiger partial charge >= 0.3 is 0 Å². The van der Waals surface area contributed by atoms with Crippen LogP contribution >= 0.6 is 0 Å². The van der Waals surface area contributed by atoms with Crippen LogP contribution in [0.3, 0.4) is 0 Å². The van der Waals surface area contributed by atoms with Gasteiger partial charge in [0.25, 0.3) is 0 Å². The highest BCUT2D eigenvalue weighted by molar-refractivity contribution is 6.00. The predicted molar refractivity (Wildman–Crippen MR) is 140 cm³/mol. The molecule has 0 N–H and O–H groups in total. The summed E-state index contributed by atoms with van der Waals surface area (Å²) in [6, 6.07) is 22.8. The molecule has 2 aromatic carbocycles. The number of benzene rings is 2. The average Bonchev–Trinajstić information content (AvgIpc) is 3.33. The van der Waals surface area contributed by atoms with E-state index in [-0.39, 0.29) is 23.3 Å². The molecule has 3 atom stereocenters. The summed E-state index contributed by atoms with van der Waals surface area (Å²) >= 11 is 0. The number of carbonyl (C=O) groups excluding carboxylic acids is 1. The van der Waals surface area contributed by atoms with E-state index in [9.17, 15) is 4.79 Å². The zero-order chi connectivity index (χ0) is 24.9. The second-order valence-electron chi connectivity index (χ2n) is 9.96. The molecule has 0 spiro atoms. The van der Waals surface area contributed by atoms with Crippen molar-refractivity contribution in [2.75, 3.05) is 0 Å². The first-order valence-electron chi connectivity index (χ1n) is 12.3. The highest BCUT2D eigenvalue weighted by atomic mass is 16.1. The second-order valence-corrected chi connectivity index (χ2v) is 9.96. The summed E-state index contributed by atoms with van der Waals surface area (Å²) in [5.74, 6) is -0.123. The monoisotopic (exact) mass is 470 g/mol. The van der Waals surface area contributed by atoms with Gasteiger partial charge in [0.15, 0.2) is 5.78 Å². The number of pyridine rings is 1. The lowest BCUT2D eigenvalue weighted by molar-refractivity contribution is -0.121. The number of allylic oxidation sites excluding steroid dienone is 2. The molecule has 2 aliphatic rings. The summed E-state index contributed by atoms with van der Waals surface area (Å²) in [4.78, 5) is 20.8. The van der Waals surface area contributed by atoms with E-state index in [4.69, 9.17) is 11.7 Å². The minimum absolute atomic E-state index is 0.0423. The fourth-order valence-corrected chi connectivity index (χ4v) is 6.11. The molecule has 6 rings (SSSR count). The molecule has 2 aromatic heterocycles. The van der Waals surface area contributed by atoms with E-state index < -0.39 is 5.41 Å². The Bertz CT molecular complexity index is 1530. The van der Waals surface area contributed by atoms with Gasteiger partial charge in [0, 0.05) is 34.9 Å². The van der Waals surface area contributed by atoms with Crippen LogP contribution in [0, 0.1) is 18.4 Å². The molecular weight excluding hydrogens is 444 g/mol. The molecule has 0 unspecified atom stereocenters. The van der Waals surface area contributed by atoms with Gasteiger partial charge in [-0.2, -0.15) is 5.10 Å². The minimum Gasteiger partial charge on any atom is -0.308 e. The van der Waals surface area contributed by atoms with E-state index in [0.29, 0.717) is 0 Å². The third-order valence-corrected chi connectivity index (χ3v) is 7.95. The molecule has 176 valence electrons. The van der Waals surface area contributed by atoms with E-state index in [1.165, 1.54) is 11.1 Å². The van der Waals surface area contributed by atoms with E-state index in [2.05, 4.69) is 59.2 Å². The number of hydrogen-bond donors (Lipinski definition) is 0. The molecule has 0 saturated heterocycles. The Balaban J connectivity index is 1.55. The lowest BCUT2D eigenvalue weighted by Crippen LogP contribution is -2.45. The van der Waals surface area contributed by atoms with E-state index >= 15 is 0 Å². The average molecular weight is 471 g/mol. The van der Waals surface area contributed by atoms with Gasteiger partial charge in [-0.1, -0.05) is 62.4 Å². The molecule has 0 aliphatic heterocycles. The maximum atomic E-state index is 12.8. The van der Waals surface area contributed by atoms with Crippen LogP contribution in [0.5, 0.6) is 0 Å². The van der Waals surface area contributed by atoms with Gasteiger partial charge < -0.3 is 4.79 Å². The Morgan fingerprint density at radius 1 is 1.00 bits per heavy atom. The van der Waals surface area contributed by atoms with Gasteiger partial charge in [-0.05, 0) is 54.2 Å². The molecule has 0 radical (unpaired) electrons. The third-order valence-electron chi connectivity index (χ3n) is 7.95. The second kappa shape index (κ2) is 8.42. The molecule has 2 heterocycles. The van der Waals surface area contributed by atoms with Crippen LogP contribution in [-0.2, 0) is 16.6 Å². The predicted octanol–water partition coefficient (Wildman–Crippen LogP) is 6.44. The van der Waals surface area contributed by atoms with E-state index in [0.717, 1.165) is 41.0 Å². The Kier molecular flexibility index (Phi) is 5.19. The van der Waals surface area contributed by atoms with Crippen molar-refractivity contribution < 1.29 is 4.79 Å². The van der Waals surface area contributed by atoms with Crippen molar-refractivity contribution in [3.63, 3.8) is 0 Å². The minimum atomic E-state index is -0.479. The zero-order valence-corrected chi connectivity index (χ0v) is 20.3. The number of ketones is 1. The van der Waals surface area contributed by atoms with E-state index in [1.54, 1.807) is 6.20 Å². The molecule has 4 aromatic rings. The highest BCUT2D eigenvalue weighted by Crippen LogP contribution is 2.51. The first kappa shape index (κ1) is 22.2. The Morgan fingerprint density at radius 3 is 2.42 bits per heavy atom. The normalized spacial score (nSPS) is 22.8. The van der Waals surface area contributed by atoms with Crippen molar-refractivity contribution in [3.05, 3.63) is 114 Å². The van der Waals surface area contributed by atoms with Gasteiger partial charge in [0.05, 0.1) is 23.6 Å². The number of Topliss-reactive ketones (excluding diaryl/α,β-unsaturated/α-hetero) is 1. The van der Waals surface area contributed by atoms with Crippen LogP contribution < -0.4 is 0 Å². The van der Waals surface area contributed by atoms with Crippen molar-refractivity contribution in [1.29, 1.82) is 0 Å². The van der Waals surface area contributed by atoms with Gasteiger partial charge in [-0.25, -0.2) is 9.53 Å². The van der Waals surface area contributed by atoms with Crippen molar-refractivity contribution in [2.24, 2.45) is 11.8 Å². The van der Waals surface area contributed by atoms with Crippen LogP contribution in [0.15, 0.2) is 90.9 Å².